The van der Waals surface area contributed by atoms with Crippen molar-refractivity contribution in [3.8, 4) is 28.3 Å². The molecular formula is C17H16IN3O. The fourth-order valence-electron chi connectivity index (χ4n) is 2.42. The minimum absolute atomic E-state index is 0.836. The summed E-state index contributed by atoms with van der Waals surface area (Å²) in [5.41, 5.74) is 6.14. The van der Waals surface area contributed by atoms with Gasteiger partial charge in [0, 0.05) is 14.7 Å². The maximum Gasteiger partial charge on any atom is 0.122 e. The normalized spacial score (nSPS) is 10.7. The van der Waals surface area contributed by atoms with Crippen molar-refractivity contribution in [1.29, 1.82) is 0 Å². The number of H-pyrrole nitrogens is 1. The highest BCUT2D eigenvalue weighted by Crippen LogP contribution is 2.33. The van der Waals surface area contributed by atoms with Crippen molar-refractivity contribution >= 4 is 22.6 Å². The predicted molar refractivity (Wildman–Crippen MR) is 96.0 cm³/mol. The van der Waals surface area contributed by atoms with E-state index in [4.69, 9.17) is 4.74 Å². The van der Waals surface area contributed by atoms with Gasteiger partial charge >= 0.3 is 0 Å². The molecule has 0 spiro atoms. The average molecular weight is 405 g/mol. The molecule has 3 aromatic rings. The number of hydrogen-bond acceptors (Lipinski definition) is 3. The maximum absolute atomic E-state index is 5.47. The number of nitrogens with zero attached hydrogens (tertiary/aromatic N) is 2. The minimum atomic E-state index is 0.836. The SMILES string of the molecule is COc1cc(-c2nn[nH]c2-c2ccc(I)cc2)cc(C)c1C. The van der Waals surface area contributed by atoms with Gasteiger partial charge in [-0.1, -0.05) is 17.3 Å². The lowest BCUT2D eigenvalue weighted by Crippen LogP contribution is -1.93. The van der Waals surface area contributed by atoms with Gasteiger partial charge in [0.05, 0.1) is 12.8 Å². The van der Waals surface area contributed by atoms with Crippen LogP contribution in [-0.4, -0.2) is 22.5 Å². The molecule has 0 fully saturated rings. The lowest BCUT2D eigenvalue weighted by atomic mass is 10.00. The number of ether oxygens (including phenoxy) is 1. The van der Waals surface area contributed by atoms with Crippen molar-refractivity contribution in [2.24, 2.45) is 0 Å². The first-order valence-corrected chi connectivity index (χ1v) is 8.00. The quantitative estimate of drug-likeness (QED) is 0.659. The molecule has 0 bridgehead atoms. The van der Waals surface area contributed by atoms with Crippen molar-refractivity contribution in [3.05, 3.63) is 51.1 Å². The highest BCUT2D eigenvalue weighted by atomic mass is 127. The Morgan fingerprint density at radius 2 is 1.77 bits per heavy atom. The number of benzene rings is 2. The number of halogens is 1. The molecule has 112 valence electrons. The molecule has 0 atom stereocenters. The van der Waals surface area contributed by atoms with Crippen molar-refractivity contribution < 1.29 is 4.74 Å². The van der Waals surface area contributed by atoms with Crippen LogP contribution in [0.25, 0.3) is 22.5 Å². The Bertz CT molecular complexity index is 809. The van der Waals surface area contributed by atoms with Crippen LogP contribution in [0.3, 0.4) is 0 Å². The molecule has 0 saturated carbocycles. The summed E-state index contributed by atoms with van der Waals surface area (Å²) in [4.78, 5) is 0. The molecule has 0 amide bonds. The lowest BCUT2D eigenvalue weighted by molar-refractivity contribution is 0.411. The molecule has 1 aromatic heterocycles. The van der Waals surface area contributed by atoms with E-state index in [0.717, 1.165) is 33.8 Å². The van der Waals surface area contributed by atoms with Gasteiger partial charge in [0.1, 0.15) is 11.4 Å². The molecule has 0 aliphatic rings. The van der Waals surface area contributed by atoms with E-state index in [1.54, 1.807) is 7.11 Å². The molecule has 0 saturated heterocycles. The van der Waals surface area contributed by atoms with E-state index < -0.39 is 0 Å². The molecule has 1 N–H and O–H groups in total. The van der Waals surface area contributed by atoms with Gasteiger partial charge in [-0.05, 0) is 71.8 Å². The standard InChI is InChI=1S/C17H16IN3O/c1-10-8-13(9-15(22-3)11(10)2)17-16(19-21-20-17)12-4-6-14(18)7-5-12/h4-9H,1-3H3,(H,19,20,21). The zero-order valence-corrected chi connectivity index (χ0v) is 14.8. The van der Waals surface area contributed by atoms with E-state index in [-0.39, 0.29) is 0 Å². The van der Waals surface area contributed by atoms with Crippen LogP contribution < -0.4 is 4.74 Å². The number of hydrogen-bond donors (Lipinski definition) is 1. The topological polar surface area (TPSA) is 50.8 Å². The molecule has 22 heavy (non-hydrogen) atoms. The van der Waals surface area contributed by atoms with Gasteiger partial charge in [-0.3, -0.25) is 5.10 Å². The zero-order chi connectivity index (χ0) is 15.7. The van der Waals surface area contributed by atoms with Gasteiger partial charge in [0.25, 0.3) is 0 Å². The van der Waals surface area contributed by atoms with Crippen molar-refractivity contribution in [3.63, 3.8) is 0 Å². The monoisotopic (exact) mass is 405 g/mol. The summed E-state index contributed by atoms with van der Waals surface area (Å²) in [6.07, 6.45) is 0. The van der Waals surface area contributed by atoms with Gasteiger partial charge in [-0.15, -0.1) is 5.10 Å². The van der Waals surface area contributed by atoms with Crippen molar-refractivity contribution in [1.82, 2.24) is 15.4 Å². The van der Waals surface area contributed by atoms with E-state index in [9.17, 15) is 0 Å². The summed E-state index contributed by atoms with van der Waals surface area (Å²) in [5, 5.41) is 11.3. The van der Waals surface area contributed by atoms with Gasteiger partial charge in [-0.25, -0.2) is 0 Å². The molecule has 0 unspecified atom stereocenters. The molecule has 0 aliphatic carbocycles. The van der Waals surface area contributed by atoms with Gasteiger partial charge in [-0.2, -0.15) is 0 Å². The van der Waals surface area contributed by atoms with Crippen LogP contribution in [0.15, 0.2) is 36.4 Å². The van der Waals surface area contributed by atoms with E-state index in [1.165, 1.54) is 9.13 Å². The Hall–Kier alpha value is -1.89. The molecule has 4 nitrogen and oxygen atoms in total. The first-order valence-electron chi connectivity index (χ1n) is 6.92. The van der Waals surface area contributed by atoms with Crippen LogP contribution in [0.4, 0.5) is 0 Å². The summed E-state index contributed by atoms with van der Waals surface area (Å²) in [5.74, 6) is 0.867. The summed E-state index contributed by atoms with van der Waals surface area (Å²) in [6.45, 7) is 4.13. The van der Waals surface area contributed by atoms with Crippen molar-refractivity contribution in [2.75, 3.05) is 7.11 Å². The van der Waals surface area contributed by atoms with Crippen LogP contribution in [0.5, 0.6) is 5.75 Å². The number of aryl methyl sites for hydroxylation is 1. The van der Waals surface area contributed by atoms with E-state index in [0.29, 0.717) is 0 Å². The molecule has 2 aromatic carbocycles. The smallest absolute Gasteiger partial charge is 0.122 e. The van der Waals surface area contributed by atoms with Crippen LogP contribution in [0, 0.1) is 17.4 Å². The Balaban J connectivity index is 2.13. The van der Waals surface area contributed by atoms with Crippen LogP contribution in [0.2, 0.25) is 0 Å². The summed E-state index contributed by atoms with van der Waals surface area (Å²) < 4.78 is 6.66. The Morgan fingerprint density at radius 3 is 2.45 bits per heavy atom. The third-order valence-electron chi connectivity index (χ3n) is 3.79. The third kappa shape index (κ3) is 2.72. The number of nitrogens with one attached hydrogen (secondary N) is 1. The Labute approximate surface area is 143 Å². The van der Waals surface area contributed by atoms with E-state index >= 15 is 0 Å². The summed E-state index contributed by atoms with van der Waals surface area (Å²) in [6, 6.07) is 12.4. The maximum atomic E-state index is 5.47. The summed E-state index contributed by atoms with van der Waals surface area (Å²) in [7, 11) is 1.69. The number of methoxy groups -OCH3 is 1. The molecule has 0 aliphatic heterocycles. The minimum Gasteiger partial charge on any atom is -0.496 e. The molecule has 3 rings (SSSR count). The van der Waals surface area contributed by atoms with Gasteiger partial charge in [0.2, 0.25) is 0 Å². The Morgan fingerprint density at radius 1 is 1.05 bits per heavy atom. The second-order valence-corrected chi connectivity index (χ2v) is 6.41. The molecule has 1 heterocycles. The highest BCUT2D eigenvalue weighted by Gasteiger charge is 2.14. The first-order chi connectivity index (χ1) is 10.6. The zero-order valence-electron chi connectivity index (χ0n) is 12.6. The average Bonchev–Trinajstić information content (AvgIpc) is 3.00. The van der Waals surface area contributed by atoms with Gasteiger partial charge < -0.3 is 4.74 Å². The number of rotatable bonds is 3. The fourth-order valence-corrected chi connectivity index (χ4v) is 2.78. The van der Waals surface area contributed by atoms with Crippen LogP contribution in [0.1, 0.15) is 11.1 Å². The first kappa shape index (κ1) is 15.0. The summed E-state index contributed by atoms with van der Waals surface area (Å²) >= 11 is 2.29. The Kier molecular flexibility index (Phi) is 4.15. The molecular weight excluding hydrogens is 389 g/mol. The van der Waals surface area contributed by atoms with Crippen LogP contribution in [-0.2, 0) is 0 Å². The second-order valence-electron chi connectivity index (χ2n) is 5.16. The highest BCUT2D eigenvalue weighted by molar-refractivity contribution is 14.1. The van der Waals surface area contributed by atoms with Crippen LogP contribution >= 0.6 is 22.6 Å². The third-order valence-corrected chi connectivity index (χ3v) is 4.51. The van der Waals surface area contributed by atoms with Gasteiger partial charge in [0.15, 0.2) is 0 Å². The second kappa shape index (κ2) is 6.08. The number of aromatic amines is 1. The molecule has 5 heteroatoms. The predicted octanol–water partition coefficient (Wildman–Crippen LogP) is 4.37. The van der Waals surface area contributed by atoms with Crippen molar-refractivity contribution in [2.45, 2.75) is 13.8 Å². The largest absolute Gasteiger partial charge is 0.496 e. The lowest BCUT2D eigenvalue weighted by Gasteiger charge is -2.10. The van der Waals surface area contributed by atoms with E-state index in [2.05, 4.69) is 82.2 Å². The number of aromatic nitrogens is 3. The fraction of sp³-hybridized carbons (Fsp3) is 0.176. The molecule has 0 radical (unpaired) electrons. The van der Waals surface area contributed by atoms with E-state index in [1.807, 2.05) is 6.07 Å².